The van der Waals surface area contributed by atoms with Gasteiger partial charge in [-0.25, -0.2) is 4.79 Å². The molecule has 7 heteroatoms. The average Bonchev–Trinajstić information content (AvgIpc) is 3.52. The SMILES string of the molecule is CCC1CCC(N(C(=O)c2cc(C(=O)OC)cc([N+](=O)[O-])c2)C2CC2)CC1. The highest BCUT2D eigenvalue weighted by Crippen LogP contribution is 2.37. The van der Waals surface area contributed by atoms with Crippen molar-refractivity contribution < 1.29 is 19.2 Å². The predicted octanol–water partition coefficient (Wildman–Crippen LogP) is 3.95. The molecular formula is C20H26N2O5. The van der Waals surface area contributed by atoms with Crippen LogP contribution in [0.2, 0.25) is 0 Å². The number of nitrogens with zero attached hydrogens (tertiary/aromatic N) is 2. The molecule has 2 fully saturated rings. The van der Waals surface area contributed by atoms with E-state index in [1.807, 2.05) is 4.90 Å². The smallest absolute Gasteiger partial charge is 0.338 e. The molecule has 2 aliphatic rings. The highest BCUT2D eigenvalue weighted by Gasteiger charge is 2.39. The molecule has 27 heavy (non-hydrogen) atoms. The molecular weight excluding hydrogens is 348 g/mol. The molecule has 1 aromatic carbocycles. The van der Waals surface area contributed by atoms with E-state index in [0.29, 0.717) is 0 Å². The first kappa shape index (κ1) is 19.3. The standard InChI is InChI=1S/C20H26N2O5/c1-3-13-4-6-16(7-5-13)21(17-8-9-17)19(23)14-10-15(20(24)27-2)12-18(11-14)22(25)26/h10-13,16-17H,3-9H2,1-2H3. The van der Waals surface area contributed by atoms with Crippen LogP contribution >= 0.6 is 0 Å². The van der Waals surface area contributed by atoms with Gasteiger partial charge in [-0.15, -0.1) is 0 Å². The normalized spacial score (nSPS) is 22.1. The van der Waals surface area contributed by atoms with Crippen LogP contribution in [0, 0.1) is 16.0 Å². The van der Waals surface area contributed by atoms with Gasteiger partial charge in [-0.2, -0.15) is 0 Å². The Balaban J connectivity index is 1.89. The molecule has 2 saturated carbocycles. The van der Waals surface area contributed by atoms with Crippen molar-refractivity contribution in [2.75, 3.05) is 7.11 Å². The highest BCUT2D eigenvalue weighted by atomic mass is 16.6. The Morgan fingerprint density at radius 3 is 2.11 bits per heavy atom. The molecule has 0 aromatic heterocycles. The molecule has 0 aliphatic heterocycles. The van der Waals surface area contributed by atoms with Crippen LogP contribution in [0.1, 0.15) is 72.6 Å². The summed E-state index contributed by atoms with van der Waals surface area (Å²) in [6, 6.07) is 4.21. The number of carbonyl (C=O) groups is 2. The summed E-state index contributed by atoms with van der Waals surface area (Å²) in [4.78, 5) is 37.7. The minimum atomic E-state index is -0.686. The minimum absolute atomic E-state index is 0.0282. The van der Waals surface area contributed by atoms with Crippen LogP contribution in [-0.4, -0.2) is 40.9 Å². The third kappa shape index (κ3) is 4.28. The van der Waals surface area contributed by atoms with Crippen LogP contribution in [0.25, 0.3) is 0 Å². The van der Waals surface area contributed by atoms with Gasteiger partial charge in [-0.3, -0.25) is 14.9 Å². The number of methoxy groups -OCH3 is 1. The van der Waals surface area contributed by atoms with Gasteiger partial charge in [0.2, 0.25) is 0 Å². The number of ether oxygens (including phenoxy) is 1. The number of benzene rings is 1. The molecule has 0 saturated heterocycles. The predicted molar refractivity (Wildman–Crippen MR) is 99.7 cm³/mol. The van der Waals surface area contributed by atoms with Gasteiger partial charge in [-0.1, -0.05) is 13.3 Å². The van der Waals surface area contributed by atoms with E-state index in [9.17, 15) is 19.7 Å². The zero-order chi connectivity index (χ0) is 19.6. The molecule has 0 unspecified atom stereocenters. The number of hydrogen-bond acceptors (Lipinski definition) is 5. The lowest BCUT2D eigenvalue weighted by Crippen LogP contribution is -2.44. The maximum absolute atomic E-state index is 13.3. The maximum Gasteiger partial charge on any atom is 0.338 e. The third-order valence-electron chi connectivity index (χ3n) is 5.76. The Kier molecular flexibility index (Phi) is 5.77. The fourth-order valence-corrected chi connectivity index (χ4v) is 4.04. The lowest BCUT2D eigenvalue weighted by atomic mass is 9.83. The molecule has 1 amide bonds. The van der Waals surface area contributed by atoms with Crippen molar-refractivity contribution in [1.82, 2.24) is 4.90 Å². The summed E-state index contributed by atoms with van der Waals surface area (Å²) in [5.41, 5.74) is -0.0544. The lowest BCUT2D eigenvalue weighted by molar-refractivity contribution is -0.384. The van der Waals surface area contributed by atoms with E-state index in [2.05, 4.69) is 11.7 Å². The maximum atomic E-state index is 13.3. The van der Waals surface area contributed by atoms with E-state index in [0.717, 1.165) is 56.9 Å². The van der Waals surface area contributed by atoms with Crippen LogP contribution in [0.5, 0.6) is 0 Å². The molecule has 1 aromatic rings. The van der Waals surface area contributed by atoms with E-state index in [-0.39, 0.29) is 34.8 Å². The van der Waals surface area contributed by atoms with Crippen molar-refractivity contribution in [2.45, 2.75) is 64.0 Å². The van der Waals surface area contributed by atoms with Crippen molar-refractivity contribution in [1.29, 1.82) is 0 Å². The minimum Gasteiger partial charge on any atom is -0.465 e. The van der Waals surface area contributed by atoms with Gasteiger partial charge in [0.25, 0.3) is 11.6 Å². The van der Waals surface area contributed by atoms with Gasteiger partial charge in [0.15, 0.2) is 0 Å². The molecule has 0 bridgehead atoms. The van der Waals surface area contributed by atoms with Crippen LogP contribution in [0.4, 0.5) is 5.69 Å². The summed E-state index contributed by atoms with van der Waals surface area (Å²) >= 11 is 0. The van der Waals surface area contributed by atoms with E-state index >= 15 is 0 Å². The highest BCUT2D eigenvalue weighted by molar-refractivity contribution is 5.99. The second kappa shape index (κ2) is 8.06. The number of rotatable bonds is 6. The lowest BCUT2D eigenvalue weighted by Gasteiger charge is -2.37. The van der Waals surface area contributed by atoms with Gasteiger partial charge < -0.3 is 9.64 Å². The van der Waals surface area contributed by atoms with Crippen molar-refractivity contribution in [3.8, 4) is 0 Å². The summed E-state index contributed by atoms with van der Waals surface area (Å²) in [5, 5.41) is 11.3. The number of carbonyl (C=O) groups excluding carboxylic acids is 2. The first-order valence-electron chi connectivity index (χ1n) is 9.65. The Morgan fingerprint density at radius 1 is 1.07 bits per heavy atom. The first-order chi connectivity index (χ1) is 12.9. The number of nitro benzene ring substituents is 1. The number of amides is 1. The van der Waals surface area contributed by atoms with Crippen LogP contribution in [-0.2, 0) is 4.74 Å². The van der Waals surface area contributed by atoms with Gasteiger partial charge in [0.05, 0.1) is 17.6 Å². The quantitative estimate of drug-likeness (QED) is 0.427. The van der Waals surface area contributed by atoms with Crippen molar-refractivity contribution in [3.05, 3.63) is 39.4 Å². The number of esters is 1. The summed E-state index contributed by atoms with van der Waals surface area (Å²) in [6.07, 6.45) is 7.27. The Morgan fingerprint density at radius 2 is 1.63 bits per heavy atom. The number of non-ortho nitro benzene ring substituents is 1. The van der Waals surface area contributed by atoms with Crippen LogP contribution in [0.15, 0.2) is 18.2 Å². The second-order valence-corrected chi connectivity index (χ2v) is 7.54. The van der Waals surface area contributed by atoms with E-state index in [1.165, 1.54) is 19.2 Å². The fourth-order valence-electron chi connectivity index (χ4n) is 4.04. The third-order valence-corrected chi connectivity index (χ3v) is 5.76. The first-order valence-corrected chi connectivity index (χ1v) is 9.65. The van der Waals surface area contributed by atoms with Crippen LogP contribution in [0.3, 0.4) is 0 Å². The number of hydrogen-bond donors (Lipinski definition) is 0. The molecule has 2 aliphatic carbocycles. The summed E-state index contributed by atoms with van der Waals surface area (Å²) in [5.74, 6) is -0.179. The zero-order valence-electron chi connectivity index (χ0n) is 15.8. The van der Waals surface area contributed by atoms with Crippen molar-refractivity contribution in [2.24, 2.45) is 5.92 Å². The number of nitro groups is 1. The summed E-state index contributed by atoms with van der Waals surface area (Å²) < 4.78 is 4.68. The van der Waals surface area contributed by atoms with Gasteiger partial charge >= 0.3 is 5.97 Å². The summed E-state index contributed by atoms with van der Waals surface area (Å²) in [6.45, 7) is 2.20. The molecule has 146 valence electrons. The van der Waals surface area contributed by atoms with Crippen molar-refractivity contribution in [3.63, 3.8) is 0 Å². The second-order valence-electron chi connectivity index (χ2n) is 7.54. The largest absolute Gasteiger partial charge is 0.465 e. The van der Waals surface area contributed by atoms with E-state index in [1.54, 1.807) is 0 Å². The van der Waals surface area contributed by atoms with Gasteiger partial charge in [-0.05, 0) is 50.5 Å². The Bertz CT molecular complexity index is 736. The molecule has 0 spiro atoms. The zero-order valence-corrected chi connectivity index (χ0v) is 15.8. The van der Waals surface area contributed by atoms with E-state index in [4.69, 9.17) is 0 Å². The summed E-state index contributed by atoms with van der Waals surface area (Å²) in [7, 11) is 1.21. The Hall–Kier alpha value is -2.44. The molecule has 7 nitrogen and oxygen atoms in total. The molecule has 0 heterocycles. The van der Waals surface area contributed by atoms with Gasteiger partial charge in [0.1, 0.15) is 0 Å². The Labute approximate surface area is 158 Å². The molecule has 3 rings (SSSR count). The monoisotopic (exact) mass is 374 g/mol. The fraction of sp³-hybridized carbons (Fsp3) is 0.600. The molecule has 0 atom stereocenters. The van der Waals surface area contributed by atoms with Crippen molar-refractivity contribution >= 4 is 17.6 Å². The van der Waals surface area contributed by atoms with Gasteiger partial charge in [0, 0.05) is 29.8 Å². The average molecular weight is 374 g/mol. The topological polar surface area (TPSA) is 89.8 Å². The molecule has 0 radical (unpaired) electrons. The van der Waals surface area contributed by atoms with E-state index < -0.39 is 10.9 Å². The van der Waals surface area contributed by atoms with Crippen LogP contribution < -0.4 is 0 Å². The molecule has 0 N–H and O–H groups in total.